The molecule has 3 rings (SSSR count). The maximum absolute atomic E-state index is 13.0. The third-order valence-corrected chi connectivity index (χ3v) is 5.02. The lowest BCUT2D eigenvalue weighted by molar-refractivity contribution is 0.0708. The average molecular weight is 301 g/mol. The van der Waals surface area contributed by atoms with Crippen molar-refractivity contribution in [1.82, 2.24) is 10.2 Å². The first-order chi connectivity index (χ1) is 10.7. The molecule has 0 spiro atoms. The summed E-state index contributed by atoms with van der Waals surface area (Å²) in [6.45, 7) is 5.93. The smallest absolute Gasteiger partial charge is 0.255 e. The number of amides is 1. The summed E-state index contributed by atoms with van der Waals surface area (Å²) in [5, 5.41) is 3.32. The zero-order valence-electron chi connectivity index (χ0n) is 13.8. The van der Waals surface area contributed by atoms with E-state index in [1.54, 1.807) is 0 Å². The molecular formula is C18H27N3O. The number of nitrogens with one attached hydrogen (secondary N) is 1. The van der Waals surface area contributed by atoms with E-state index >= 15 is 0 Å². The number of piperidine rings is 1. The Kier molecular flexibility index (Phi) is 4.67. The van der Waals surface area contributed by atoms with E-state index in [1.165, 1.54) is 12.8 Å². The molecule has 2 aliphatic rings. The van der Waals surface area contributed by atoms with Crippen molar-refractivity contribution in [1.29, 1.82) is 0 Å². The first-order valence-electron chi connectivity index (χ1n) is 8.51. The molecule has 0 atom stereocenters. The summed E-state index contributed by atoms with van der Waals surface area (Å²) in [5.74, 6) is 0.208. The Labute approximate surface area is 133 Å². The van der Waals surface area contributed by atoms with Gasteiger partial charge in [0.05, 0.1) is 5.56 Å². The summed E-state index contributed by atoms with van der Waals surface area (Å²) >= 11 is 0. The van der Waals surface area contributed by atoms with Gasteiger partial charge in [0.2, 0.25) is 0 Å². The number of likely N-dealkylation sites (tertiary alicyclic amines) is 1. The Morgan fingerprint density at radius 1 is 1.14 bits per heavy atom. The number of hydrogen-bond acceptors (Lipinski definition) is 3. The molecule has 1 amide bonds. The van der Waals surface area contributed by atoms with Crippen molar-refractivity contribution in [3.8, 4) is 0 Å². The van der Waals surface area contributed by atoms with Gasteiger partial charge in [-0.3, -0.25) is 4.79 Å². The molecule has 120 valence electrons. The molecular weight excluding hydrogens is 274 g/mol. The van der Waals surface area contributed by atoms with Gasteiger partial charge in [-0.1, -0.05) is 11.6 Å². The highest BCUT2D eigenvalue weighted by Gasteiger charge is 2.26. The number of anilines is 1. The van der Waals surface area contributed by atoms with Gasteiger partial charge in [-0.05, 0) is 51.8 Å². The summed E-state index contributed by atoms with van der Waals surface area (Å²) in [7, 11) is 2.01. The minimum atomic E-state index is 0.208. The molecule has 0 aromatic heterocycles. The van der Waals surface area contributed by atoms with Crippen LogP contribution < -0.4 is 10.2 Å². The van der Waals surface area contributed by atoms with Crippen LogP contribution in [0, 0.1) is 6.92 Å². The number of carbonyl (C=O) groups is 1. The quantitative estimate of drug-likeness (QED) is 0.931. The SMILES string of the molecule is CNC1CCN(C(=O)c2cc(C)ccc2N2CCCC2)CC1. The maximum Gasteiger partial charge on any atom is 0.255 e. The van der Waals surface area contributed by atoms with Gasteiger partial charge < -0.3 is 15.1 Å². The molecule has 0 saturated carbocycles. The molecule has 1 aromatic rings. The van der Waals surface area contributed by atoms with Gasteiger partial charge in [0.25, 0.3) is 5.91 Å². The molecule has 0 radical (unpaired) electrons. The summed E-state index contributed by atoms with van der Waals surface area (Å²) < 4.78 is 0. The fourth-order valence-corrected chi connectivity index (χ4v) is 3.60. The Morgan fingerprint density at radius 3 is 2.45 bits per heavy atom. The molecule has 2 saturated heterocycles. The number of carbonyl (C=O) groups excluding carboxylic acids is 1. The van der Waals surface area contributed by atoms with Crippen LogP contribution in [0.2, 0.25) is 0 Å². The third kappa shape index (κ3) is 3.12. The summed E-state index contributed by atoms with van der Waals surface area (Å²) in [5.41, 5.74) is 3.19. The van der Waals surface area contributed by atoms with Crippen molar-refractivity contribution in [3.05, 3.63) is 29.3 Å². The van der Waals surface area contributed by atoms with Crippen molar-refractivity contribution in [2.45, 2.75) is 38.6 Å². The standard InChI is InChI=1S/C18H27N3O/c1-14-5-6-17(20-9-3-4-10-20)16(13-14)18(22)21-11-7-15(19-2)8-12-21/h5-6,13,15,19H,3-4,7-12H2,1-2H3. The summed E-state index contributed by atoms with van der Waals surface area (Å²) in [4.78, 5) is 17.4. The molecule has 1 N–H and O–H groups in total. The molecule has 1 aromatic carbocycles. The molecule has 2 heterocycles. The van der Waals surface area contributed by atoms with Gasteiger partial charge in [0.1, 0.15) is 0 Å². The highest BCUT2D eigenvalue weighted by molar-refractivity contribution is 6.00. The van der Waals surface area contributed by atoms with Crippen molar-refractivity contribution < 1.29 is 4.79 Å². The van der Waals surface area contributed by atoms with Gasteiger partial charge in [0.15, 0.2) is 0 Å². The lowest BCUT2D eigenvalue weighted by atomic mass is 10.0. The van der Waals surface area contributed by atoms with Crippen LogP contribution in [-0.2, 0) is 0 Å². The van der Waals surface area contributed by atoms with Crippen LogP contribution in [0.25, 0.3) is 0 Å². The third-order valence-electron chi connectivity index (χ3n) is 5.02. The van der Waals surface area contributed by atoms with Crippen molar-refractivity contribution in [2.24, 2.45) is 0 Å². The molecule has 2 fully saturated rings. The summed E-state index contributed by atoms with van der Waals surface area (Å²) in [6.07, 6.45) is 4.56. The fraction of sp³-hybridized carbons (Fsp3) is 0.611. The number of benzene rings is 1. The monoisotopic (exact) mass is 301 g/mol. The predicted molar refractivity (Wildman–Crippen MR) is 90.6 cm³/mol. The van der Waals surface area contributed by atoms with Crippen LogP contribution in [0.5, 0.6) is 0 Å². The van der Waals surface area contributed by atoms with Gasteiger partial charge in [-0.15, -0.1) is 0 Å². The van der Waals surface area contributed by atoms with Crippen molar-refractivity contribution in [2.75, 3.05) is 38.1 Å². The van der Waals surface area contributed by atoms with E-state index in [2.05, 4.69) is 35.3 Å². The van der Waals surface area contributed by atoms with Gasteiger partial charge in [0, 0.05) is 37.9 Å². The molecule has 0 aliphatic carbocycles. The number of hydrogen-bond donors (Lipinski definition) is 1. The number of rotatable bonds is 3. The van der Waals surface area contributed by atoms with Crippen LogP contribution >= 0.6 is 0 Å². The minimum absolute atomic E-state index is 0.208. The zero-order chi connectivity index (χ0) is 15.5. The second kappa shape index (κ2) is 6.69. The predicted octanol–water partition coefficient (Wildman–Crippen LogP) is 2.42. The first kappa shape index (κ1) is 15.3. The van der Waals surface area contributed by atoms with E-state index in [4.69, 9.17) is 0 Å². The van der Waals surface area contributed by atoms with Crippen LogP contribution in [0.4, 0.5) is 5.69 Å². The number of nitrogens with zero attached hydrogens (tertiary/aromatic N) is 2. The highest BCUT2D eigenvalue weighted by Crippen LogP contribution is 2.27. The van der Waals surface area contributed by atoms with Crippen molar-refractivity contribution in [3.63, 3.8) is 0 Å². The Hall–Kier alpha value is -1.55. The Bertz CT molecular complexity index is 529. The number of aryl methyl sites for hydroxylation is 1. The van der Waals surface area contributed by atoms with E-state index in [9.17, 15) is 4.79 Å². The molecule has 0 unspecified atom stereocenters. The molecule has 4 heteroatoms. The fourth-order valence-electron chi connectivity index (χ4n) is 3.60. The first-order valence-corrected chi connectivity index (χ1v) is 8.51. The summed E-state index contributed by atoms with van der Waals surface area (Å²) in [6, 6.07) is 6.88. The highest BCUT2D eigenvalue weighted by atomic mass is 16.2. The second-order valence-electron chi connectivity index (χ2n) is 6.57. The van der Waals surface area contributed by atoms with Crippen molar-refractivity contribution >= 4 is 11.6 Å². The topological polar surface area (TPSA) is 35.6 Å². The zero-order valence-corrected chi connectivity index (χ0v) is 13.8. The van der Waals surface area contributed by atoms with E-state index in [1.807, 2.05) is 11.9 Å². The molecule has 22 heavy (non-hydrogen) atoms. The van der Waals surface area contributed by atoms with Gasteiger partial charge >= 0.3 is 0 Å². The largest absolute Gasteiger partial charge is 0.371 e. The second-order valence-corrected chi connectivity index (χ2v) is 6.57. The van der Waals surface area contributed by atoms with Crippen LogP contribution in [0.1, 0.15) is 41.6 Å². The van der Waals surface area contributed by atoms with Crippen LogP contribution in [0.3, 0.4) is 0 Å². The van der Waals surface area contributed by atoms with E-state index in [0.717, 1.165) is 55.8 Å². The minimum Gasteiger partial charge on any atom is -0.371 e. The average Bonchev–Trinajstić information content (AvgIpc) is 3.08. The lowest BCUT2D eigenvalue weighted by Crippen LogP contribution is -2.44. The van der Waals surface area contributed by atoms with E-state index in [0.29, 0.717) is 6.04 Å². The Morgan fingerprint density at radius 2 is 1.82 bits per heavy atom. The normalized spacial score (nSPS) is 19.7. The lowest BCUT2D eigenvalue weighted by Gasteiger charge is -2.33. The molecule has 0 bridgehead atoms. The van der Waals surface area contributed by atoms with Crippen LogP contribution in [-0.4, -0.2) is 50.1 Å². The van der Waals surface area contributed by atoms with Crippen LogP contribution in [0.15, 0.2) is 18.2 Å². The van der Waals surface area contributed by atoms with Gasteiger partial charge in [-0.25, -0.2) is 0 Å². The van der Waals surface area contributed by atoms with Gasteiger partial charge in [-0.2, -0.15) is 0 Å². The molecule has 2 aliphatic heterocycles. The molecule has 4 nitrogen and oxygen atoms in total. The van der Waals surface area contributed by atoms with E-state index in [-0.39, 0.29) is 5.91 Å². The Balaban J connectivity index is 1.80. The van der Waals surface area contributed by atoms with E-state index < -0.39 is 0 Å². The maximum atomic E-state index is 13.0.